The van der Waals surface area contributed by atoms with E-state index in [0.29, 0.717) is 0 Å². The summed E-state index contributed by atoms with van der Waals surface area (Å²) in [7, 11) is -3.88. The standard InChI is InChI=1S/C22H25ClFNO7S/c1-12(2)21(26)31-7-8-32-22(27)17-13(3)25-16-11-30-9-10-33(28,29)20(16)19(17)18-14(23)5-4-6-15(18)24/h4-6,12,19-20H,7-11H2,1-3H3. The Morgan fingerprint density at radius 1 is 1.27 bits per heavy atom. The van der Waals surface area contributed by atoms with E-state index < -0.39 is 38.8 Å². The summed E-state index contributed by atoms with van der Waals surface area (Å²) in [5.74, 6) is -4.02. The van der Waals surface area contributed by atoms with Gasteiger partial charge >= 0.3 is 11.9 Å². The van der Waals surface area contributed by atoms with Crippen LogP contribution < -0.4 is 0 Å². The third-order valence-electron chi connectivity index (χ3n) is 5.36. The molecular weight excluding hydrogens is 477 g/mol. The second-order valence-corrected chi connectivity index (χ2v) is 10.7. The molecule has 0 saturated carbocycles. The zero-order chi connectivity index (χ0) is 24.3. The van der Waals surface area contributed by atoms with Gasteiger partial charge in [0.2, 0.25) is 0 Å². The highest BCUT2D eigenvalue weighted by Gasteiger charge is 2.48. The molecule has 2 atom stereocenters. The first-order valence-electron chi connectivity index (χ1n) is 10.4. The van der Waals surface area contributed by atoms with Crippen molar-refractivity contribution in [1.29, 1.82) is 0 Å². The van der Waals surface area contributed by atoms with Crippen molar-refractivity contribution in [3.8, 4) is 0 Å². The number of ether oxygens (including phenoxy) is 3. The minimum atomic E-state index is -3.88. The smallest absolute Gasteiger partial charge is 0.336 e. The molecule has 0 N–H and O–H groups in total. The molecule has 11 heteroatoms. The fourth-order valence-corrected chi connectivity index (χ4v) is 5.92. The van der Waals surface area contributed by atoms with Gasteiger partial charge in [0.1, 0.15) is 24.3 Å². The van der Waals surface area contributed by atoms with Crippen LogP contribution in [0.5, 0.6) is 0 Å². The number of halogens is 2. The van der Waals surface area contributed by atoms with Gasteiger partial charge in [-0.2, -0.15) is 0 Å². The molecule has 1 aromatic rings. The average Bonchev–Trinajstić information content (AvgIpc) is 2.87. The third kappa shape index (κ3) is 5.44. The largest absolute Gasteiger partial charge is 0.462 e. The quantitative estimate of drug-likeness (QED) is 0.435. The summed E-state index contributed by atoms with van der Waals surface area (Å²) in [6.07, 6.45) is 0. The number of esters is 2. The van der Waals surface area contributed by atoms with Crippen molar-refractivity contribution < 1.29 is 36.6 Å². The zero-order valence-corrected chi connectivity index (χ0v) is 20.0. The molecule has 0 radical (unpaired) electrons. The lowest BCUT2D eigenvalue weighted by Gasteiger charge is -2.32. The lowest BCUT2D eigenvalue weighted by Crippen LogP contribution is -2.43. The number of fused-ring (bicyclic) bond motifs is 1. The predicted octanol–water partition coefficient (Wildman–Crippen LogP) is 2.85. The first-order chi connectivity index (χ1) is 15.5. The molecule has 0 aromatic heterocycles. The Labute approximate surface area is 196 Å². The lowest BCUT2D eigenvalue weighted by molar-refractivity contribution is -0.152. The molecule has 180 valence electrons. The van der Waals surface area contributed by atoms with Crippen LogP contribution in [0.2, 0.25) is 5.02 Å². The van der Waals surface area contributed by atoms with Crippen molar-refractivity contribution in [2.24, 2.45) is 10.9 Å². The van der Waals surface area contributed by atoms with E-state index in [9.17, 15) is 22.4 Å². The molecule has 2 aliphatic heterocycles. The Morgan fingerprint density at radius 2 is 1.97 bits per heavy atom. The topological polar surface area (TPSA) is 108 Å². The number of rotatable bonds is 6. The number of nitrogens with zero attached hydrogens (tertiary/aromatic N) is 1. The van der Waals surface area contributed by atoms with Crippen LogP contribution in [0, 0.1) is 11.7 Å². The van der Waals surface area contributed by atoms with E-state index in [-0.39, 0.29) is 65.7 Å². The van der Waals surface area contributed by atoms with Crippen LogP contribution in [0.1, 0.15) is 32.3 Å². The number of hydrogen-bond acceptors (Lipinski definition) is 8. The van der Waals surface area contributed by atoms with Crippen LogP contribution in [0.15, 0.2) is 34.5 Å². The van der Waals surface area contributed by atoms with Gasteiger partial charge in [0, 0.05) is 22.2 Å². The van der Waals surface area contributed by atoms with Crippen molar-refractivity contribution >= 4 is 39.1 Å². The van der Waals surface area contributed by atoms with Crippen molar-refractivity contribution in [1.82, 2.24) is 0 Å². The minimum absolute atomic E-state index is 0.0226. The van der Waals surface area contributed by atoms with Crippen molar-refractivity contribution in [3.05, 3.63) is 45.9 Å². The molecule has 3 rings (SSSR count). The monoisotopic (exact) mass is 501 g/mol. The summed E-state index contributed by atoms with van der Waals surface area (Å²) < 4.78 is 57.0. The first-order valence-corrected chi connectivity index (χ1v) is 12.5. The number of hydrogen-bond donors (Lipinski definition) is 0. The van der Waals surface area contributed by atoms with Gasteiger partial charge in [0.25, 0.3) is 0 Å². The molecule has 1 fully saturated rings. The highest BCUT2D eigenvalue weighted by Crippen LogP contribution is 2.43. The maximum Gasteiger partial charge on any atom is 0.336 e. The fourth-order valence-electron chi connectivity index (χ4n) is 3.82. The summed E-state index contributed by atoms with van der Waals surface area (Å²) in [5, 5.41) is -1.36. The van der Waals surface area contributed by atoms with Gasteiger partial charge in [0.15, 0.2) is 9.84 Å². The molecule has 8 nitrogen and oxygen atoms in total. The van der Waals surface area contributed by atoms with Crippen LogP contribution in [-0.4, -0.2) is 63.5 Å². The SMILES string of the molecule is CC1=C(C(=O)OCCOC(=O)C(C)C)C(c2c(F)cccc2Cl)C2C(=N1)COCCS2(=O)=O. The van der Waals surface area contributed by atoms with Gasteiger partial charge in [0.05, 0.1) is 36.2 Å². The fraction of sp³-hybridized carbons (Fsp3) is 0.500. The Hall–Kier alpha value is -2.30. The molecule has 0 amide bonds. The second-order valence-electron chi connectivity index (χ2n) is 8.01. The Bertz CT molecular complexity index is 1090. The molecule has 2 heterocycles. The van der Waals surface area contributed by atoms with E-state index in [1.54, 1.807) is 13.8 Å². The predicted molar refractivity (Wildman–Crippen MR) is 119 cm³/mol. The van der Waals surface area contributed by atoms with Crippen molar-refractivity contribution in [2.45, 2.75) is 31.9 Å². The molecule has 0 spiro atoms. The third-order valence-corrected chi connectivity index (χ3v) is 7.74. The molecule has 1 saturated heterocycles. The van der Waals surface area contributed by atoms with Gasteiger partial charge in [-0.1, -0.05) is 31.5 Å². The van der Waals surface area contributed by atoms with E-state index in [4.69, 9.17) is 25.8 Å². The normalized spacial score (nSPS) is 22.3. The number of sulfone groups is 1. The van der Waals surface area contributed by atoms with Gasteiger partial charge < -0.3 is 14.2 Å². The van der Waals surface area contributed by atoms with E-state index in [2.05, 4.69) is 4.99 Å². The molecule has 0 aliphatic carbocycles. The zero-order valence-electron chi connectivity index (χ0n) is 18.5. The molecule has 0 bridgehead atoms. The molecule has 33 heavy (non-hydrogen) atoms. The Balaban J connectivity index is 2.01. The van der Waals surface area contributed by atoms with Gasteiger partial charge in [-0.15, -0.1) is 0 Å². The van der Waals surface area contributed by atoms with E-state index in [1.807, 2.05) is 0 Å². The molecule has 2 unspecified atom stereocenters. The van der Waals surface area contributed by atoms with Crippen LogP contribution in [-0.2, 0) is 33.6 Å². The van der Waals surface area contributed by atoms with Crippen LogP contribution in [0.4, 0.5) is 4.39 Å². The number of benzene rings is 1. The van der Waals surface area contributed by atoms with Crippen LogP contribution >= 0.6 is 11.6 Å². The maximum atomic E-state index is 15.0. The minimum Gasteiger partial charge on any atom is -0.462 e. The summed E-state index contributed by atoms with van der Waals surface area (Å²) in [6, 6.07) is 3.96. The van der Waals surface area contributed by atoms with Crippen molar-refractivity contribution in [2.75, 3.05) is 32.2 Å². The van der Waals surface area contributed by atoms with Crippen molar-refractivity contribution in [3.63, 3.8) is 0 Å². The number of carbonyl (C=O) groups is 2. The first kappa shape index (κ1) is 25.3. The summed E-state index contributed by atoms with van der Waals surface area (Å²) in [4.78, 5) is 29.0. The summed E-state index contributed by atoms with van der Waals surface area (Å²) >= 11 is 6.30. The highest BCUT2D eigenvalue weighted by atomic mass is 35.5. The number of allylic oxidation sites excluding steroid dienone is 1. The van der Waals surface area contributed by atoms with Gasteiger partial charge in [-0.25, -0.2) is 17.6 Å². The van der Waals surface area contributed by atoms with Gasteiger partial charge in [-0.3, -0.25) is 9.79 Å². The molecule has 1 aromatic carbocycles. The lowest BCUT2D eigenvalue weighted by atomic mass is 9.82. The van der Waals surface area contributed by atoms with E-state index in [0.717, 1.165) is 6.07 Å². The summed E-state index contributed by atoms with van der Waals surface area (Å²) in [6.45, 7) is 4.29. The molecular formula is C22H25ClFNO7S. The number of aliphatic imine (C=N–C) groups is 1. The maximum absolute atomic E-state index is 15.0. The Kier molecular flexibility index (Phi) is 7.92. The molecule has 2 aliphatic rings. The number of carbonyl (C=O) groups excluding carboxylic acids is 2. The van der Waals surface area contributed by atoms with Crippen LogP contribution in [0.25, 0.3) is 0 Å². The van der Waals surface area contributed by atoms with E-state index >= 15 is 0 Å². The summed E-state index contributed by atoms with van der Waals surface area (Å²) in [5.41, 5.74) is 0.114. The Morgan fingerprint density at radius 3 is 2.64 bits per heavy atom. The van der Waals surface area contributed by atoms with Crippen LogP contribution in [0.3, 0.4) is 0 Å². The average molecular weight is 502 g/mol. The second kappa shape index (κ2) is 10.3. The van der Waals surface area contributed by atoms with E-state index in [1.165, 1.54) is 19.1 Å². The highest BCUT2D eigenvalue weighted by molar-refractivity contribution is 7.92. The van der Waals surface area contributed by atoms with Gasteiger partial charge in [-0.05, 0) is 19.1 Å².